The van der Waals surface area contributed by atoms with Crippen molar-refractivity contribution in [3.8, 4) is 0 Å². The van der Waals surface area contributed by atoms with Crippen molar-refractivity contribution < 1.29 is 24.6 Å². The molecular formula is C20H32O5. The Hall–Kier alpha value is -1.49. The predicted octanol–water partition coefficient (Wildman–Crippen LogP) is 3.97. The van der Waals surface area contributed by atoms with Gasteiger partial charge in [0.1, 0.15) is 0 Å². The predicted molar refractivity (Wildman–Crippen MR) is 96.4 cm³/mol. The van der Waals surface area contributed by atoms with E-state index in [0.29, 0.717) is 36.8 Å². The minimum absolute atomic E-state index is 0.0182. The van der Waals surface area contributed by atoms with Gasteiger partial charge < -0.3 is 10.2 Å². The van der Waals surface area contributed by atoms with Gasteiger partial charge in [-0.2, -0.15) is 0 Å². The topological polar surface area (TPSA) is 91.7 Å². The van der Waals surface area contributed by atoms with E-state index in [9.17, 15) is 19.5 Å². The van der Waals surface area contributed by atoms with Crippen LogP contribution in [0.25, 0.3) is 0 Å². The number of hydrogen-bond acceptors (Lipinski definition) is 4. The number of carboxylic acids is 1. The highest BCUT2D eigenvalue weighted by atomic mass is 16.4. The van der Waals surface area contributed by atoms with E-state index in [1.54, 1.807) is 0 Å². The second kappa shape index (κ2) is 12.0. The zero-order valence-electron chi connectivity index (χ0n) is 15.4. The minimum Gasteiger partial charge on any atom is -0.481 e. The Morgan fingerprint density at radius 3 is 2.20 bits per heavy atom. The number of hydrogen-bond donors (Lipinski definition) is 2. The van der Waals surface area contributed by atoms with Gasteiger partial charge >= 0.3 is 5.97 Å². The maximum absolute atomic E-state index is 12.1. The van der Waals surface area contributed by atoms with Crippen molar-refractivity contribution in [1.29, 1.82) is 0 Å². The first-order chi connectivity index (χ1) is 12.0. The van der Waals surface area contributed by atoms with Crippen molar-refractivity contribution in [1.82, 2.24) is 0 Å². The Labute approximate surface area is 150 Å². The molecule has 1 aliphatic carbocycles. The average Bonchev–Trinajstić information content (AvgIpc) is 2.82. The van der Waals surface area contributed by atoms with Gasteiger partial charge in [0.05, 0.1) is 12.5 Å². The zero-order chi connectivity index (χ0) is 18.7. The highest BCUT2D eigenvalue weighted by Gasteiger charge is 2.29. The Kier molecular flexibility index (Phi) is 10.3. The Morgan fingerprint density at radius 1 is 0.920 bits per heavy atom. The maximum Gasteiger partial charge on any atom is 0.303 e. The molecule has 0 bridgehead atoms. The molecule has 0 aliphatic heterocycles. The molecule has 5 nitrogen and oxygen atoms in total. The number of unbranched alkanes of at least 4 members (excludes halogenated alkanes) is 5. The lowest BCUT2D eigenvalue weighted by Gasteiger charge is -2.11. The summed E-state index contributed by atoms with van der Waals surface area (Å²) in [6.45, 7) is 2.12. The first kappa shape index (κ1) is 21.6. The van der Waals surface area contributed by atoms with Crippen molar-refractivity contribution in [3.05, 3.63) is 11.1 Å². The molecule has 142 valence electrons. The van der Waals surface area contributed by atoms with Gasteiger partial charge in [0.15, 0.2) is 11.6 Å². The van der Waals surface area contributed by atoms with Gasteiger partial charge in [0.2, 0.25) is 0 Å². The van der Waals surface area contributed by atoms with Gasteiger partial charge in [-0.3, -0.25) is 14.4 Å². The normalized spacial score (nSPS) is 15.9. The van der Waals surface area contributed by atoms with E-state index < -0.39 is 12.1 Å². The summed E-state index contributed by atoms with van der Waals surface area (Å²) in [5.74, 6) is -0.920. The standard InChI is InChI=1S/C20H32O5/c1-2-3-6-9-15(21)12-13-17-16(18(22)14-19(17)23)10-7-4-5-8-11-20(24)25/h15,21H,2-14H2,1H3,(H,24,25)/t15-/m0/s1. The van der Waals surface area contributed by atoms with E-state index in [-0.39, 0.29) is 24.4 Å². The van der Waals surface area contributed by atoms with E-state index >= 15 is 0 Å². The molecule has 0 spiro atoms. The second-order valence-corrected chi connectivity index (χ2v) is 6.98. The largest absolute Gasteiger partial charge is 0.481 e. The third-order valence-electron chi connectivity index (χ3n) is 4.79. The van der Waals surface area contributed by atoms with Gasteiger partial charge in [-0.25, -0.2) is 0 Å². The molecule has 1 atom stereocenters. The van der Waals surface area contributed by atoms with Gasteiger partial charge in [0, 0.05) is 17.6 Å². The van der Waals surface area contributed by atoms with E-state index in [4.69, 9.17) is 5.11 Å². The van der Waals surface area contributed by atoms with E-state index in [2.05, 4.69) is 6.92 Å². The van der Waals surface area contributed by atoms with Gasteiger partial charge in [-0.05, 0) is 38.5 Å². The van der Waals surface area contributed by atoms with Crippen LogP contribution in [0.5, 0.6) is 0 Å². The average molecular weight is 352 g/mol. The summed E-state index contributed by atoms with van der Waals surface area (Å²) in [7, 11) is 0. The quantitative estimate of drug-likeness (QED) is 0.364. The third-order valence-corrected chi connectivity index (χ3v) is 4.79. The van der Waals surface area contributed by atoms with Gasteiger partial charge in [-0.15, -0.1) is 0 Å². The zero-order valence-corrected chi connectivity index (χ0v) is 15.4. The number of aliphatic hydroxyl groups is 1. The lowest BCUT2D eigenvalue weighted by molar-refractivity contribution is -0.137. The summed E-state index contributed by atoms with van der Waals surface area (Å²) in [4.78, 5) is 34.6. The van der Waals surface area contributed by atoms with Crippen LogP contribution in [-0.4, -0.2) is 33.9 Å². The molecule has 0 radical (unpaired) electrons. The lowest BCUT2D eigenvalue weighted by atomic mass is 9.97. The number of aliphatic hydroxyl groups excluding tert-OH is 1. The molecule has 0 aromatic carbocycles. The van der Waals surface area contributed by atoms with Gasteiger partial charge in [0.25, 0.3) is 0 Å². The molecule has 0 aromatic heterocycles. The summed E-state index contributed by atoms with van der Waals surface area (Å²) in [5.41, 5.74) is 1.29. The van der Waals surface area contributed by atoms with Crippen LogP contribution in [0.15, 0.2) is 11.1 Å². The SMILES string of the molecule is CCCCC[C@H](O)CCC1=C(CCCCCCC(=O)O)C(=O)CC1=O. The molecule has 0 unspecified atom stereocenters. The molecular weight excluding hydrogens is 320 g/mol. The van der Waals surface area contributed by atoms with Crippen molar-refractivity contribution in [2.45, 2.75) is 96.5 Å². The molecule has 25 heavy (non-hydrogen) atoms. The number of carbonyl (C=O) groups excluding carboxylic acids is 2. The van der Waals surface area contributed by atoms with Crippen LogP contribution < -0.4 is 0 Å². The van der Waals surface area contributed by atoms with E-state index in [1.165, 1.54) is 0 Å². The number of Topliss-reactive ketones (excluding diaryl/α,β-unsaturated/α-hetero) is 2. The molecule has 1 aliphatic rings. The van der Waals surface area contributed by atoms with Crippen LogP contribution >= 0.6 is 0 Å². The Balaban J connectivity index is 2.41. The molecule has 0 fully saturated rings. The van der Waals surface area contributed by atoms with Crippen LogP contribution in [0.4, 0.5) is 0 Å². The first-order valence-electron chi connectivity index (χ1n) is 9.64. The van der Waals surface area contributed by atoms with Crippen LogP contribution in [0, 0.1) is 0 Å². The summed E-state index contributed by atoms with van der Waals surface area (Å²) in [5, 5.41) is 18.6. The fourth-order valence-corrected chi connectivity index (χ4v) is 3.29. The summed E-state index contributed by atoms with van der Waals surface area (Å²) in [6, 6.07) is 0. The molecule has 0 saturated carbocycles. The molecule has 0 heterocycles. The highest BCUT2D eigenvalue weighted by molar-refractivity contribution is 6.22. The van der Waals surface area contributed by atoms with Crippen molar-refractivity contribution >= 4 is 17.5 Å². The highest BCUT2D eigenvalue weighted by Crippen LogP contribution is 2.28. The first-order valence-corrected chi connectivity index (χ1v) is 9.64. The molecule has 2 N–H and O–H groups in total. The number of ketones is 2. The molecule has 5 heteroatoms. The molecule has 0 amide bonds. The van der Waals surface area contributed by atoms with Crippen LogP contribution in [0.2, 0.25) is 0 Å². The van der Waals surface area contributed by atoms with Crippen LogP contribution in [0.3, 0.4) is 0 Å². The number of rotatable bonds is 14. The lowest BCUT2D eigenvalue weighted by Crippen LogP contribution is -2.08. The summed E-state index contributed by atoms with van der Waals surface area (Å²) in [6.07, 6.45) is 8.50. The third kappa shape index (κ3) is 8.43. The second-order valence-electron chi connectivity index (χ2n) is 6.98. The van der Waals surface area contributed by atoms with Gasteiger partial charge in [-0.1, -0.05) is 39.0 Å². The smallest absolute Gasteiger partial charge is 0.303 e. The van der Waals surface area contributed by atoms with E-state index in [1.807, 2.05) is 0 Å². The monoisotopic (exact) mass is 352 g/mol. The molecule has 1 rings (SSSR count). The number of allylic oxidation sites excluding steroid dienone is 2. The fraction of sp³-hybridized carbons (Fsp3) is 0.750. The Morgan fingerprint density at radius 2 is 1.56 bits per heavy atom. The molecule has 0 saturated heterocycles. The minimum atomic E-state index is -0.779. The van der Waals surface area contributed by atoms with Crippen LogP contribution in [0.1, 0.15) is 90.4 Å². The molecule has 0 aromatic rings. The van der Waals surface area contributed by atoms with Crippen molar-refractivity contribution in [2.75, 3.05) is 0 Å². The maximum atomic E-state index is 12.1. The van der Waals surface area contributed by atoms with Crippen molar-refractivity contribution in [2.24, 2.45) is 0 Å². The summed E-state index contributed by atoms with van der Waals surface area (Å²) >= 11 is 0. The number of carbonyl (C=O) groups is 3. The number of aliphatic carboxylic acids is 1. The fourth-order valence-electron chi connectivity index (χ4n) is 3.29. The van der Waals surface area contributed by atoms with Crippen LogP contribution in [-0.2, 0) is 14.4 Å². The van der Waals surface area contributed by atoms with E-state index in [0.717, 1.165) is 44.9 Å². The number of carboxylic acid groups (broad SMARTS) is 1. The van der Waals surface area contributed by atoms with Crippen molar-refractivity contribution in [3.63, 3.8) is 0 Å². The Bertz CT molecular complexity index is 492. The summed E-state index contributed by atoms with van der Waals surface area (Å²) < 4.78 is 0.